The second kappa shape index (κ2) is 14.1. The van der Waals surface area contributed by atoms with E-state index in [1.165, 1.54) is 62.5 Å². The molecule has 1 heterocycles. The molecule has 41 heavy (non-hydrogen) atoms. The summed E-state index contributed by atoms with van der Waals surface area (Å²) in [7, 11) is 0. The summed E-state index contributed by atoms with van der Waals surface area (Å²) < 4.78 is 0. The molecule has 0 saturated carbocycles. The third-order valence-electron chi connectivity index (χ3n) is 8.25. The smallest absolute Gasteiger partial charge is 0.210 e. The van der Waals surface area contributed by atoms with E-state index in [4.69, 9.17) is 0 Å². The molecule has 1 aromatic heterocycles. The van der Waals surface area contributed by atoms with Crippen molar-refractivity contribution in [2.45, 2.75) is 78.1 Å². The van der Waals surface area contributed by atoms with Crippen molar-refractivity contribution in [2.24, 2.45) is 0 Å². The molecule has 0 unspecified atom stereocenters. The van der Waals surface area contributed by atoms with E-state index in [1.54, 1.807) is 0 Å². The van der Waals surface area contributed by atoms with Crippen LogP contribution in [0.15, 0.2) is 97.1 Å². The topological polar surface area (TPSA) is 32.9 Å². The number of carbonyl (C=O) groups excluding carboxylic acids is 1. The van der Waals surface area contributed by atoms with Crippen molar-refractivity contribution in [3.05, 3.63) is 119 Å². The van der Waals surface area contributed by atoms with Gasteiger partial charge in [-0.15, -0.1) is 0 Å². The molecule has 0 spiro atoms. The average molecular weight is 542 g/mol. The number of hydrogen-bond acceptors (Lipinski definition) is 1. The van der Waals surface area contributed by atoms with Crippen molar-refractivity contribution in [2.75, 3.05) is 0 Å². The first-order valence-corrected chi connectivity index (χ1v) is 15.6. The molecular weight excluding hydrogens is 498 g/mol. The van der Waals surface area contributed by atoms with Gasteiger partial charge >= 0.3 is 0 Å². The molecule has 5 rings (SSSR count). The van der Waals surface area contributed by atoms with Crippen molar-refractivity contribution in [1.29, 1.82) is 0 Å². The van der Waals surface area contributed by atoms with Crippen LogP contribution in [0.25, 0.3) is 33.2 Å². The third-order valence-corrected chi connectivity index (χ3v) is 8.25. The minimum absolute atomic E-state index is 0.0271. The summed E-state index contributed by atoms with van der Waals surface area (Å²) >= 11 is 0. The third kappa shape index (κ3) is 7.06. The van der Waals surface area contributed by atoms with E-state index in [-0.39, 0.29) is 5.78 Å². The molecule has 2 heteroatoms. The monoisotopic (exact) mass is 541 g/mol. The van der Waals surface area contributed by atoms with E-state index in [9.17, 15) is 4.79 Å². The van der Waals surface area contributed by atoms with Crippen LogP contribution in [0.5, 0.6) is 0 Å². The zero-order chi connectivity index (χ0) is 28.4. The highest BCUT2D eigenvalue weighted by molar-refractivity contribution is 6.18. The summed E-state index contributed by atoms with van der Waals surface area (Å²) in [6, 6.07) is 34.0. The van der Waals surface area contributed by atoms with Gasteiger partial charge in [0.1, 0.15) is 0 Å². The zero-order valence-electron chi connectivity index (χ0n) is 24.7. The number of benzene rings is 4. The van der Waals surface area contributed by atoms with Gasteiger partial charge in [0.15, 0.2) is 0 Å². The first-order chi connectivity index (χ1) is 20.2. The second-order valence-corrected chi connectivity index (χ2v) is 11.3. The van der Waals surface area contributed by atoms with Crippen LogP contribution >= 0.6 is 0 Å². The van der Waals surface area contributed by atoms with E-state index in [1.807, 2.05) is 30.3 Å². The van der Waals surface area contributed by atoms with Gasteiger partial charge in [0, 0.05) is 16.8 Å². The van der Waals surface area contributed by atoms with Crippen LogP contribution in [-0.2, 0) is 12.8 Å². The predicted octanol–water partition coefficient (Wildman–Crippen LogP) is 11.0. The Morgan fingerprint density at radius 2 is 1.20 bits per heavy atom. The van der Waals surface area contributed by atoms with Gasteiger partial charge in [-0.05, 0) is 64.8 Å². The SMILES string of the molecule is CCCCCCc1ccc(-c2cc(-c3ccc(CCCCCC)cc3)c(C(=O)c3cccc4ccccc34)[nH]2)cc1. The van der Waals surface area contributed by atoms with E-state index in [2.05, 4.69) is 85.6 Å². The standard InChI is InChI=1S/C39H43NO/c1-3-5-7-9-14-29-20-24-32(25-21-29)36-28-37(33-26-22-30(23-27-33)15-10-8-6-4-2)40-38(36)39(41)35-19-13-17-31-16-11-12-18-34(31)35/h11-13,16-28,40H,3-10,14-15H2,1-2H3. The Kier molecular flexibility index (Phi) is 9.86. The molecule has 5 aromatic rings. The number of H-pyrrole nitrogens is 1. The molecule has 0 radical (unpaired) electrons. The molecule has 0 bridgehead atoms. The number of unbranched alkanes of at least 4 members (excludes halogenated alkanes) is 6. The molecule has 210 valence electrons. The predicted molar refractivity (Wildman–Crippen MR) is 175 cm³/mol. The molecule has 0 aliphatic rings. The molecule has 0 saturated heterocycles. The fourth-order valence-electron chi connectivity index (χ4n) is 5.79. The van der Waals surface area contributed by atoms with Crippen molar-refractivity contribution in [1.82, 2.24) is 4.98 Å². The van der Waals surface area contributed by atoms with Crippen LogP contribution in [0.4, 0.5) is 0 Å². The van der Waals surface area contributed by atoms with Crippen molar-refractivity contribution in [3.8, 4) is 22.4 Å². The van der Waals surface area contributed by atoms with Gasteiger partial charge in [0.05, 0.1) is 5.69 Å². The second-order valence-electron chi connectivity index (χ2n) is 11.3. The van der Waals surface area contributed by atoms with Crippen LogP contribution in [0, 0.1) is 0 Å². The summed E-state index contributed by atoms with van der Waals surface area (Å²) in [5.41, 5.74) is 8.22. The molecule has 0 atom stereocenters. The lowest BCUT2D eigenvalue weighted by Gasteiger charge is -2.08. The molecule has 4 aromatic carbocycles. The first-order valence-electron chi connectivity index (χ1n) is 15.6. The number of carbonyl (C=O) groups is 1. The first kappa shape index (κ1) is 28.6. The van der Waals surface area contributed by atoms with Crippen LogP contribution in [0.3, 0.4) is 0 Å². The lowest BCUT2D eigenvalue weighted by Crippen LogP contribution is -2.04. The van der Waals surface area contributed by atoms with Crippen molar-refractivity contribution >= 4 is 16.6 Å². The van der Waals surface area contributed by atoms with Gasteiger partial charge in [0.25, 0.3) is 0 Å². The normalized spacial score (nSPS) is 11.3. The maximum absolute atomic E-state index is 14.2. The quantitative estimate of drug-likeness (QED) is 0.110. The van der Waals surface area contributed by atoms with Crippen molar-refractivity contribution in [3.63, 3.8) is 0 Å². The van der Waals surface area contributed by atoms with Crippen molar-refractivity contribution < 1.29 is 4.79 Å². The number of aryl methyl sites for hydroxylation is 2. The minimum Gasteiger partial charge on any atom is -0.351 e. The molecule has 0 aliphatic heterocycles. The number of ketones is 1. The minimum atomic E-state index is 0.0271. The molecular formula is C39H43NO. The summed E-state index contributed by atoms with van der Waals surface area (Å²) in [5, 5.41) is 2.06. The maximum atomic E-state index is 14.2. The lowest BCUT2D eigenvalue weighted by molar-refractivity contribution is 0.103. The molecule has 0 fully saturated rings. The summed E-state index contributed by atoms with van der Waals surface area (Å²) in [5.74, 6) is 0.0271. The number of aromatic amines is 1. The van der Waals surface area contributed by atoms with Gasteiger partial charge in [0.2, 0.25) is 5.78 Å². The Bertz CT molecular complexity index is 1550. The number of rotatable bonds is 14. The van der Waals surface area contributed by atoms with Gasteiger partial charge < -0.3 is 4.98 Å². The highest BCUT2D eigenvalue weighted by Crippen LogP contribution is 2.33. The number of fused-ring (bicyclic) bond motifs is 1. The Morgan fingerprint density at radius 1 is 0.610 bits per heavy atom. The van der Waals surface area contributed by atoms with E-state index in [0.717, 1.165) is 51.6 Å². The summed E-state index contributed by atoms with van der Waals surface area (Å²) in [6.45, 7) is 4.50. The number of aromatic nitrogens is 1. The van der Waals surface area contributed by atoms with Gasteiger partial charge in [-0.1, -0.05) is 143 Å². The van der Waals surface area contributed by atoms with Gasteiger partial charge in [-0.3, -0.25) is 4.79 Å². The lowest BCUT2D eigenvalue weighted by atomic mass is 9.95. The highest BCUT2D eigenvalue weighted by atomic mass is 16.1. The fourth-order valence-corrected chi connectivity index (χ4v) is 5.79. The Labute approximate surface area is 245 Å². The van der Waals surface area contributed by atoms with Crippen LogP contribution in [0.2, 0.25) is 0 Å². The summed E-state index contributed by atoms with van der Waals surface area (Å²) in [4.78, 5) is 17.7. The highest BCUT2D eigenvalue weighted by Gasteiger charge is 2.21. The maximum Gasteiger partial charge on any atom is 0.210 e. The van der Waals surface area contributed by atoms with Crippen LogP contribution in [0.1, 0.15) is 92.4 Å². The Morgan fingerprint density at radius 3 is 1.83 bits per heavy atom. The molecule has 1 N–H and O–H groups in total. The number of hydrogen-bond donors (Lipinski definition) is 1. The zero-order valence-corrected chi connectivity index (χ0v) is 24.7. The Hall–Kier alpha value is -3.91. The van der Waals surface area contributed by atoms with Crippen LogP contribution < -0.4 is 0 Å². The molecule has 0 amide bonds. The molecule has 0 aliphatic carbocycles. The van der Waals surface area contributed by atoms with E-state index >= 15 is 0 Å². The largest absolute Gasteiger partial charge is 0.351 e. The van der Waals surface area contributed by atoms with E-state index < -0.39 is 0 Å². The Balaban J connectivity index is 1.47. The molecule has 2 nitrogen and oxygen atoms in total. The average Bonchev–Trinajstić information content (AvgIpc) is 3.47. The van der Waals surface area contributed by atoms with Crippen LogP contribution in [-0.4, -0.2) is 10.8 Å². The number of nitrogens with one attached hydrogen (secondary N) is 1. The summed E-state index contributed by atoms with van der Waals surface area (Å²) in [6.07, 6.45) is 12.4. The van der Waals surface area contributed by atoms with Gasteiger partial charge in [-0.25, -0.2) is 0 Å². The van der Waals surface area contributed by atoms with Gasteiger partial charge in [-0.2, -0.15) is 0 Å². The van der Waals surface area contributed by atoms with E-state index in [0.29, 0.717) is 5.69 Å². The fraction of sp³-hybridized carbons (Fsp3) is 0.308.